The highest BCUT2D eigenvalue weighted by atomic mass is 32.2. The number of benzene rings is 3. The average molecular weight is 432 g/mol. The fraction of sp³-hybridized carbons (Fsp3) is 0.217. The molecule has 0 heterocycles. The molecule has 158 valence electrons. The Morgan fingerprint density at radius 1 is 0.933 bits per heavy atom. The van der Waals surface area contributed by atoms with Crippen LogP contribution in [0.2, 0.25) is 0 Å². The SMILES string of the molecule is COc1ccc(CSc2cc(F)c(OC(C)C)cc2Oc2ccc(F)cc2N)cc1. The van der Waals surface area contributed by atoms with Crippen LogP contribution in [0.1, 0.15) is 19.4 Å². The quantitative estimate of drug-likeness (QED) is 0.329. The van der Waals surface area contributed by atoms with Crippen LogP contribution in [0.4, 0.5) is 14.5 Å². The molecular formula is C23H23F2NO3S. The third-order valence-electron chi connectivity index (χ3n) is 4.11. The maximum atomic E-state index is 14.6. The fourth-order valence-corrected chi connectivity index (χ4v) is 3.61. The van der Waals surface area contributed by atoms with Gasteiger partial charge < -0.3 is 19.9 Å². The van der Waals surface area contributed by atoms with Gasteiger partial charge in [0, 0.05) is 17.9 Å². The van der Waals surface area contributed by atoms with Crippen molar-refractivity contribution >= 4 is 17.4 Å². The first kappa shape index (κ1) is 21.8. The summed E-state index contributed by atoms with van der Waals surface area (Å²) < 4.78 is 44.6. The molecule has 0 aliphatic carbocycles. The molecule has 4 nitrogen and oxygen atoms in total. The Hall–Kier alpha value is -2.93. The highest BCUT2D eigenvalue weighted by Gasteiger charge is 2.16. The molecule has 2 N–H and O–H groups in total. The third-order valence-corrected chi connectivity index (χ3v) is 5.21. The predicted molar refractivity (Wildman–Crippen MR) is 116 cm³/mol. The first-order valence-electron chi connectivity index (χ1n) is 9.34. The molecule has 7 heteroatoms. The molecule has 0 spiro atoms. The molecule has 30 heavy (non-hydrogen) atoms. The summed E-state index contributed by atoms with van der Waals surface area (Å²) in [4.78, 5) is 0.572. The van der Waals surface area contributed by atoms with Crippen molar-refractivity contribution in [2.24, 2.45) is 0 Å². The lowest BCUT2D eigenvalue weighted by Gasteiger charge is -2.17. The molecule has 0 unspecified atom stereocenters. The van der Waals surface area contributed by atoms with E-state index in [1.807, 2.05) is 38.1 Å². The Kier molecular flexibility index (Phi) is 7.05. The maximum absolute atomic E-state index is 14.6. The number of anilines is 1. The van der Waals surface area contributed by atoms with E-state index in [4.69, 9.17) is 19.9 Å². The zero-order valence-corrected chi connectivity index (χ0v) is 17.8. The van der Waals surface area contributed by atoms with Crippen molar-refractivity contribution in [2.45, 2.75) is 30.6 Å². The molecular weight excluding hydrogens is 408 g/mol. The summed E-state index contributed by atoms with van der Waals surface area (Å²) in [6.45, 7) is 3.62. The normalized spacial score (nSPS) is 10.9. The lowest BCUT2D eigenvalue weighted by atomic mass is 10.2. The Morgan fingerprint density at radius 2 is 1.67 bits per heavy atom. The fourth-order valence-electron chi connectivity index (χ4n) is 2.67. The van der Waals surface area contributed by atoms with E-state index in [1.54, 1.807) is 7.11 Å². The minimum absolute atomic E-state index is 0.0782. The Balaban J connectivity index is 1.89. The van der Waals surface area contributed by atoms with Crippen LogP contribution in [0.3, 0.4) is 0 Å². The van der Waals surface area contributed by atoms with Crippen molar-refractivity contribution in [3.05, 3.63) is 71.8 Å². The highest BCUT2D eigenvalue weighted by molar-refractivity contribution is 7.98. The standard InChI is InChI=1S/C23H23F2NO3S/c1-14(2)28-21-12-22(29-20-9-6-16(24)10-19(20)26)23(11-18(21)25)30-13-15-4-7-17(27-3)8-5-15/h4-12,14H,13,26H2,1-3H3. The van der Waals surface area contributed by atoms with Crippen LogP contribution >= 0.6 is 11.8 Å². The van der Waals surface area contributed by atoms with Crippen molar-refractivity contribution < 1.29 is 23.0 Å². The summed E-state index contributed by atoms with van der Waals surface area (Å²) in [6.07, 6.45) is -0.207. The Bertz CT molecular complexity index is 1010. The minimum Gasteiger partial charge on any atom is -0.497 e. The van der Waals surface area contributed by atoms with Gasteiger partial charge in [-0.15, -0.1) is 11.8 Å². The van der Waals surface area contributed by atoms with E-state index < -0.39 is 11.6 Å². The predicted octanol–water partition coefficient (Wildman–Crippen LogP) is 6.43. The van der Waals surface area contributed by atoms with Gasteiger partial charge in [0.1, 0.15) is 17.3 Å². The van der Waals surface area contributed by atoms with Gasteiger partial charge >= 0.3 is 0 Å². The zero-order chi connectivity index (χ0) is 21.7. The van der Waals surface area contributed by atoms with Crippen LogP contribution in [-0.4, -0.2) is 13.2 Å². The molecule has 0 aliphatic rings. The molecule has 0 amide bonds. The van der Waals surface area contributed by atoms with E-state index in [0.29, 0.717) is 16.4 Å². The van der Waals surface area contributed by atoms with Crippen molar-refractivity contribution in [1.82, 2.24) is 0 Å². The van der Waals surface area contributed by atoms with Gasteiger partial charge in [-0.3, -0.25) is 0 Å². The van der Waals surface area contributed by atoms with Gasteiger partial charge in [0.2, 0.25) is 0 Å². The van der Waals surface area contributed by atoms with Gasteiger partial charge in [-0.25, -0.2) is 8.78 Å². The van der Waals surface area contributed by atoms with Gasteiger partial charge in [0.15, 0.2) is 17.3 Å². The largest absolute Gasteiger partial charge is 0.497 e. The van der Waals surface area contributed by atoms with Crippen molar-refractivity contribution in [3.8, 4) is 23.0 Å². The molecule has 0 radical (unpaired) electrons. The molecule has 0 fully saturated rings. The van der Waals surface area contributed by atoms with Crippen molar-refractivity contribution in [1.29, 1.82) is 0 Å². The number of hydrogen-bond donors (Lipinski definition) is 1. The van der Waals surface area contributed by atoms with E-state index in [-0.39, 0.29) is 23.3 Å². The molecule has 0 bridgehead atoms. The van der Waals surface area contributed by atoms with E-state index in [0.717, 1.165) is 11.3 Å². The number of nitrogens with two attached hydrogens (primary N) is 1. The molecule has 0 atom stereocenters. The van der Waals surface area contributed by atoms with Crippen molar-refractivity contribution in [3.63, 3.8) is 0 Å². The first-order chi connectivity index (χ1) is 14.4. The first-order valence-corrected chi connectivity index (χ1v) is 10.3. The minimum atomic E-state index is -0.486. The molecule has 3 aromatic carbocycles. The van der Waals surface area contributed by atoms with Crippen LogP contribution < -0.4 is 19.9 Å². The lowest BCUT2D eigenvalue weighted by Crippen LogP contribution is -2.07. The monoisotopic (exact) mass is 431 g/mol. The molecule has 0 aromatic heterocycles. The second-order valence-corrected chi connectivity index (χ2v) is 7.83. The third kappa shape index (κ3) is 5.57. The van der Waals surface area contributed by atoms with Crippen LogP contribution in [0, 0.1) is 11.6 Å². The van der Waals surface area contributed by atoms with Crippen molar-refractivity contribution in [2.75, 3.05) is 12.8 Å². The number of rotatable bonds is 8. The average Bonchev–Trinajstić information content (AvgIpc) is 2.71. The summed E-state index contributed by atoms with van der Waals surface area (Å²) in [5.74, 6) is 1.14. The van der Waals surface area contributed by atoms with E-state index in [2.05, 4.69) is 0 Å². The van der Waals surface area contributed by atoms with Crippen LogP contribution in [0.15, 0.2) is 59.5 Å². The van der Waals surface area contributed by atoms with Gasteiger partial charge in [-0.1, -0.05) is 12.1 Å². The van der Waals surface area contributed by atoms with Crippen LogP contribution in [0.5, 0.6) is 23.0 Å². The number of halogens is 2. The second-order valence-electron chi connectivity index (χ2n) is 6.82. The maximum Gasteiger partial charge on any atom is 0.166 e. The number of thioether (sulfide) groups is 1. The zero-order valence-electron chi connectivity index (χ0n) is 16.9. The van der Waals surface area contributed by atoms with E-state index >= 15 is 0 Å². The number of hydrogen-bond acceptors (Lipinski definition) is 5. The summed E-state index contributed by atoms with van der Waals surface area (Å²) >= 11 is 1.41. The summed E-state index contributed by atoms with van der Waals surface area (Å²) in [5, 5.41) is 0. The highest BCUT2D eigenvalue weighted by Crippen LogP contribution is 2.40. The van der Waals surface area contributed by atoms with Gasteiger partial charge in [-0.05, 0) is 49.7 Å². The summed E-state index contributed by atoms with van der Waals surface area (Å²) in [7, 11) is 1.61. The van der Waals surface area contributed by atoms with E-state index in [1.165, 1.54) is 42.1 Å². The second kappa shape index (κ2) is 9.71. The summed E-state index contributed by atoms with van der Waals surface area (Å²) in [5.41, 5.74) is 7.06. The van der Waals surface area contributed by atoms with Crippen LogP contribution in [-0.2, 0) is 5.75 Å². The topological polar surface area (TPSA) is 53.7 Å². The van der Waals surface area contributed by atoms with Gasteiger partial charge in [0.25, 0.3) is 0 Å². The molecule has 0 saturated heterocycles. The number of methoxy groups -OCH3 is 1. The number of ether oxygens (including phenoxy) is 3. The molecule has 3 rings (SSSR count). The lowest BCUT2D eigenvalue weighted by molar-refractivity contribution is 0.230. The number of nitrogen functional groups attached to an aromatic ring is 1. The van der Waals surface area contributed by atoms with Gasteiger partial charge in [-0.2, -0.15) is 0 Å². The van der Waals surface area contributed by atoms with Gasteiger partial charge in [0.05, 0.1) is 23.8 Å². The summed E-state index contributed by atoms with van der Waals surface area (Å²) in [6, 6.07) is 14.4. The molecule has 0 saturated carbocycles. The van der Waals surface area contributed by atoms with E-state index in [9.17, 15) is 8.78 Å². The Labute approximate surface area is 179 Å². The van der Waals surface area contributed by atoms with Crippen LogP contribution in [0.25, 0.3) is 0 Å². The smallest absolute Gasteiger partial charge is 0.166 e. The Morgan fingerprint density at radius 3 is 2.30 bits per heavy atom. The molecule has 0 aliphatic heterocycles. The molecule has 3 aromatic rings.